The van der Waals surface area contributed by atoms with Crippen LogP contribution in [0.5, 0.6) is 0 Å². The number of hydrogen-bond acceptors (Lipinski definition) is 5. The lowest BCUT2D eigenvalue weighted by atomic mass is 10.1. The summed E-state index contributed by atoms with van der Waals surface area (Å²) in [6.45, 7) is 1.85. The predicted octanol–water partition coefficient (Wildman–Crippen LogP) is 3.19. The van der Waals surface area contributed by atoms with Gasteiger partial charge in [-0.3, -0.25) is 4.79 Å². The van der Waals surface area contributed by atoms with Gasteiger partial charge in [-0.15, -0.1) is 5.10 Å². The zero-order valence-electron chi connectivity index (χ0n) is 14.3. The van der Waals surface area contributed by atoms with Crippen molar-refractivity contribution < 1.29 is 9.21 Å². The Morgan fingerprint density at radius 2 is 1.62 bits per heavy atom. The Labute approximate surface area is 151 Å². The van der Waals surface area contributed by atoms with Crippen molar-refractivity contribution in [2.75, 3.05) is 18.0 Å². The van der Waals surface area contributed by atoms with E-state index in [2.05, 4.69) is 20.4 Å². The maximum atomic E-state index is 12.7. The van der Waals surface area contributed by atoms with Gasteiger partial charge in [0, 0.05) is 18.7 Å². The van der Waals surface area contributed by atoms with Crippen molar-refractivity contribution in [3.8, 4) is 0 Å². The van der Waals surface area contributed by atoms with Crippen LogP contribution in [0, 0.1) is 0 Å². The topological polar surface area (TPSA) is 71.3 Å². The number of benzene rings is 2. The second-order valence-electron chi connectivity index (χ2n) is 6.30. The third kappa shape index (κ3) is 3.44. The molecule has 1 aromatic heterocycles. The summed E-state index contributed by atoms with van der Waals surface area (Å²) in [5.41, 5.74) is 1.49. The van der Waals surface area contributed by atoms with Gasteiger partial charge in [0.15, 0.2) is 0 Å². The van der Waals surface area contributed by atoms with Gasteiger partial charge in [-0.05, 0) is 30.5 Å². The molecule has 0 aliphatic carbocycles. The monoisotopic (exact) mass is 348 g/mol. The van der Waals surface area contributed by atoms with Crippen LogP contribution in [0.2, 0.25) is 0 Å². The first-order valence-electron chi connectivity index (χ1n) is 8.80. The summed E-state index contributed by atoms with van der Waals surface area (Å²) in [7, 11) is 0. The Hall–Kier alpha value is -3.15. The smallest absolute Gasteiger partial charge is 0.318 e. The summed E-state index contributed by atoms with van der Waals surface area (Å²) >= 11 is 0. The number of amides is 1. The van der Waals surface area contributed by atoms with E-state index in [1.807, 2.05) is 48.5 Å². The lowest BCUT2D eigenvalue weighted by Gasteiger charge is -2.16. The predicted molar refractivity (Wildman–Crippen MR) is 97.9 cm³/mol. The molecule has 2 aromatic carbocycles. The average Bonchev–Trinajstić information content (AvgIpc) is 3.39. The summed E-state index contributed by atoms with van der Waals surface area (Å²) in [5.74, 6) is 0.211. The van der Waals surface area contributed by atoms with E-state index in [1.54, 1.807) is 12.1 Å². The first-order valence-corrected chi connectivity index (χ1v) is 8.80. The Kier molecular flexibility index (Phi) is 4.64. The number of carbonyl (C=O) groups excluding carboxylic acids is 1. The molecule has 1 atom stereocenters. The highest BCUT2D eigenvalue weighted by atomic mass is 16.4. The molecule has 3 aromatic rings. The molecular weight excluding hydrogens is 328 g/mol. The molecule has 1 aliphatic rings. The molecule has 1 N–H and O–H groups in total. The van der Waals surface area contributed by atoms with Gasteiger partial charge < -0.3 is 14.6 Å². The van der Waals surface area contributed by atoms with Crippen molar-refractivity contribution in [3.63, 3.8) is 0 Å². The molecule has 1 aliphatic heterocycles. The molecule has 0 radical (unpaired) electrons. The molecule has 1 fully saturated rings. The van der Waals surface area contributed by atoms with Gasteiger partial charge in [0.25, 0.3) is 5.91 Å². The number of rotatable bonds is 5. The molecule has 132 valence electrons. The van der Waals surface area contributed by atoms with Crippen LogP contribution in [0.1, 0.15) is 40.7 Å². The summed E-state index contributed by atoms with van der Waals surface area (Å²) in [5, 5.41) is 11.4. The fraction of sp³-hybridized carbons (Fsp3) is 0.250. The standard InChI is InChI=1S/C20H20N4O2/c25-18(16-11-5-2-6-12-16)21-17(15-9-3-1-4-10-15)19-22-23-20(26-19)24-13-7-8-14-24/h1-6,9-12,17H,7-8,13-14H2,(H,21,25)/t17-/m1/s1. The van der Waals surface area contributed by atoms with E-state index in [4.69, 9.17) is 4.42 Å². The van der Waals surface area contributed by atoms with Gasteiger partial charge in [0.2, 0.25) is 5.89 Å². The molecule has 0 spiro atoms. The minimum absolute atomic E-state index is 0.180. The van der Waals surface area contributed by atoms with Crippen LogP contribution < -0.4 is 10.2 Å². The number of nitrogens with one attached hydrogen (secondary N) is 1. The quantitative estimate of drug-likeness (QED) is 0.767. The van der Waals surface area contributed by atoms with Gasteiger partial charge in [-0.25, -0.2) is 0 Å². The number of hydrogen-bond donors (Lipinski definition) is 1. The van der Waals surface area contributed by atoms with Gasteiger partial charge in [0.1, 0.15) is 6.04 Å². The van der Waals surface area contributed by atoms with Crippen LogP contribution in [-0.2, 0) is 0 Å². The first kappa shape index (κ1) is 16.3. The van der Waals surface area contributed by atoms with E-state index in [1.165, 1.54) is 0 Å². The van der Waals surface area contributed by atoms with E-state index in [-0.39, 0.29) is 5.91 Å². The minimum Gasteiger partial charge on any atom is -0.405 e. The summed E-state index contributed by atoms with van der Waals surface area (Å²) < 4.78 is 5.91. The van der Waals surface area contributed by atoms with Crippen LogP contribution in [-0.4, -0.2) is 29.2 Å². The first-order chi connectivity index (χ1) is 12.8. The third-order valence-corrected chi connectivity index (χ3v) is 4.50. The summed E-state index contributed by atoms with van der Waals surface area (Å²) in [4.78, 5) is 14.7. The van der Waals surface area contributed by atoms with Crippen LogP contribution in [0.25, 0.3) is 0 Å². The van der Waals surface area contributed by atoms with Crippen LogP contribution in [0.4, 0.5) is 6.01 Å². The van der Waals surface area contributed by atoms with Gasteiger partial charge in [-0.1, -0.05) is 53.6 Å². The third-order valence-electron chi connectivity index (χ3n) is 4.50. The molecular formula is C20H20N4O2. The Morgan fingerprint density at radius 1 is 0.962 bits per heavy atom. The molecule has 6 heteroatoms. The minimum atomic E-state index is -0.493. The molecule has 2 heterocycles. The zero-order chi connectivity index (χ0) is 17.8. The molecule has 4 rings (SSSR count). The maximum absolute atomic E-state index is 12.7. The lowest BCUT2D eigenvalue weighted by Crippen LogP contribution is -2.29. The SMILES string of the molecule is O=C(N[C@H](c1ccccc1)c1nnc(N2CCCC2)o1)c1ccccc1. The highest BCUT2D eigenvalue weighted by molar-refractivity contribution is 5.94. The van der Waals surface area contributed by atoms with E-state index in [9.17, 15) is 4.79 Å². The van der Waals surface area contributed by atoms with Crippen molar-refractivity contribution in [2.45, 2.75) is 18.9 Å². The number of anilines is 1. The van der Waals surface area contributed by atoms with Gasteiger partial charge in [0.05, 0.1) is 0 Å². The zero-order valence-corrected chi connectivity index (χ0v) is 14.3. The van der Waals surface area contributed by atoms with E-state index in [0.29, 0.717) is 17.5 Å². The van der Waals surface area contributed by atoms with Crippen molar-refractivity contribution in [1.29, 1.82) is 0 Å². The van der Waals surface area contributed by atoms with Crippen LogP contribution in [0.3, 0.4) is 0 Å². The molecule has 6 nitrogen and oxygen atoms in total. The average molecular weight is 348 g/mol. The van der Waals surface area contributed by atoms with E-state index in [0.717, 1.165) is 31.5 Å². The molecule has 1 amide bonds. The van der Waals surface area contributed by atoms with Gasteiger partial charge >= 0.3 is 6.01 Å². The fourth-order valence-corrected chi connectivity index (χ4v) is 3.12. The summed E-state index contributed by atoms with van der Waals surface area (Å²) in [6, 6.07) is 18.8. The molecule has 1 saturated heterocycles. The second-order valence-corrected chi connectivity index (χ2v) is 6.30. The Balaban J connectivity index is 1.62. The number of aromatic nitrogens is 2. The van der Waals surface area contributed by atoms with Crippen molar-refractivity contribution in [1.82, 2.24) is 15.5 Å². The largest absolute Gasteiger partial charge is 0.405 e. The van der Waals surface area contributed by atoms with Crippen molar-refractivity contribution >= 4 is 11.9 Å². The molecule has 0 unspecified atom stereocenters. The van der Waals surface area contributed by atoms with Crippen molar-refractivity contribution in [2.24, 2.45) is 0 Å². The summed E-state index contributed by atoms with van der Waals surface area (Å²) in [6.07, 6.45) is 2.26. The maximum Gasteiger partial charge on any atom is 0.318 e. The Bertz CT molecular complexity index is 858. The fourth-order valence-electron chi connectivity index (χ4n) is 3.12. The van der Waals surface area contributed by atoms with Crippen LogP contribution in [0.15, 0.2) is 65.1 Å². The Morgan fingerprint density at radius 3 is 2.31 bits per heavy atom. The number of carbonyl (C=O) groups is 1. The molecule has 0 bridgehead atoms. The van der Waals surface area contributed by atoms with E-state index >= 15 is 0 Å². The molecule has 0 saturated carbocycles. The highest BCUT2D eigenvalue weighted by Crippen LogP contribution is 2.25. The number of nitrogens with zero attached hydrogens (tertiary/aromatic N) is 3. The highest BCUT2D eigenvalue weighted by Gasteiger charge is 2.25. The van der Waals surface area contributed by atoms with Gasteiger partial charge in [-0.2, -0.15) is 0 Å². The lowest BCUT2D eigenvalue weighted by molar-refractivity contribution is 0.0938. The van der Waals surface area contributed by atoms with Crippen LogP contribution >= 0.6 is 0 Å². The van der Waals surface area contributed by atoms with Crippen molar-refractivity contribution in [3.05, 3.63) is 77.7 Å². The normalized spacial score (nSPS) is 15.0. The molecule has 26 heavy (non-hydrogen) atoms. The van der Waals surface area contributed by atoms with E-state index < -0.39 is 6.04 Å². The second kappa shape index (κ2) is 7.39.